The van der Waals surface area contributed by atoms with E-state index in [4.69, 9.17) is 0 Å². The maximum absolute atomic E-state index is 13.8. The molecule has 0 aliphatic rings. The second-order valence-electron chi connectivity index (χ2n) is 8.78. The molecule has 0 bridgehead atoms. The van der Waals surface area contributed by atoms with E-state index in [0.717, 1.165) is 26.3 Å². The van der Waals surface area contributed by atoms with Crippen molar-refractivity contribution in [2.75, 3.05) is 17.4 Å². The van der Waals surface area contributed by atoms with E-state index in [1.54, 1.807) is 43.3 Å². The molecule has 1 N–H and O–H groups in total. The highest BCUT2D eigenvalue weighted by Gasteiger charge is 2.32. The number of carbonyl (C=O) groups is 2. The van der Waals surface area contributed by atoms with Crippen LogP contribution in [0.3, 0.4) is 0 Å². The van der Waals surface area contributed by atoms with Gasteiger partial charge >= 0.3 is 0 Å². The minimum atomic E-state index is -4.08. The summed E-state index contributed by atoms with van der Waals surface area (Å²) in [4.78, 5) is 28.1. The first-order valence-corrected chi connectivity index (χ1v) is 14.3. The molecule has 0 aliphatic carbocycles. The van der Waals surface area contributed by atoms with E-state index in [9.17, 15) is 18.0 Å². The smallest absolute Gasteiger partial charge is 0.264 e. The van der Waals surface area contributed by atoms with Crippen LogP contribution < -0.4 is 9.62 Å². The van der Waals surface area contributed by atoms with E-state index in [1.165, 1.54) is 17.0 Å². The van der Waals surface area contributed by atoms with Gasteiger partial charge < -0.3 is 10.2 Å². The summed E-state index contributed by atoms with van der Waals surface area (Å²) in [6.07, 6.45) is 0.761. The standard InChI is InChI=1S/C28H32BrN3O4S/c1-4-18-30-28(34)22(3)31(19-23-8-6-5-7-9-23)27(33)20-32(25-14-12-24(29)13-15-25)37(35,36)26-16-10-21(2)11-17-26/h5-17,22H,4,18-20H2,1-3H3,(H,30,34). The highest BCUT2D eigenvalue weighted by atomic mass is 79.9. The van der Waals surface area contributed by atoms with Crippen LogP contribution in [0.5, 0.6) is 0 Å². The third kappa shape index (κ3) is 7.42. The van der Waals surface area contributed by atoms with Crippen molar-refractivity contribution < 1.29 is 18.0 Å². The first-order chi connectivity index (χ1) is 17.6. The van der Waals surface area contributed by atoms with E-state index in [2.05, 4.69) is 21.2 Å². The molecule has 0 fully saturated rings. The van der Waals surface area contributed by atoms with Crippen molar-refractivity contribution in [1.29, 1.82) is 0 Å². The van der Waals surface area contributed by atoms with Crippen LogP contribution in [-0.2, 0) is 26.2 Å². The molecule has 0 spiro atoms. The Balaban J connectivity index is 1.99. The molecule has 37 heavy (non-hydrogen) atoms. The zero-order chi connectivity index (χ0) is 27.0. The third-order valence-corrected chi connectivity index (χ3v) is 8.23. The molecule has 1 atom stereocenters. The van der Waals surface area contributed by atoms with Gasteiger partial charge in [-0.3, -0.25) is 13.9 Å². The summed E-state index contributed by atoms with van der Waals surface area (Å²) in [5, 5.41) is 2.84. The summed E-state index contributed by atoms with van der Waals surface area (Å²) in [5.74, 6) is -0.774. The number of anilines is 1. The van der Waals surface area contributed by atoms with E-state index in [1.807, 2.05) is 44.2 Å². The maximum Gasteiger partial charge on any atom is 0.264 e. The number of rotatable bonds is 11. The van der Waals surface area contributed by atoms with Crippen LogP contribution in [0.25, 0.3) is 0 Å². The molecule has 196 valence electrons. The van der Waals surface area contributed by atoms with Gasteiger partial charge in [-0.2, -0.15) is 0 Å². The molecule has 0 radical (unpaired) electrons. The molecular weight excluding hydrogens is 554 g/mol. The largest absolute Gasteiger partial charge is 0.354 e. The normalized spacial score (nSPS) is 12.0. The number of nitrogens with one attached hydrogen (secondary N) is 1. The van der Waals surface area contributed by atoms with E-state index < -0.39 is 28.5 Å². The highest BCUT2D eigenvalue weighted by Crippen LogP contribution is 2.26. The minimum absolute atomic E-state index is 0.0807. The summed E-state index contributed by atoms with van der Waals surface area (Å²) in [5.41, 5.74) is 2.11. The SMILES string of the molecule is CCCNC(=O)C(C)N(Cc1ccccc1)C(=O)CN(c1ccc(Br)cc1)S(=O)(=O)c1ccc(C)cc1. The lowest BCUT2D eigenvalue weighted by molar-refractivity contribution is -0.139. The first-order valence-electron chi connectivity index (χ1n) is 12.1. The number of halogens is 1. The molecule has 3 rings (SSSR count). The van der Waals surface area contributed by atoms with Gasteiger partial charge in [-0.15, -0.1) is 0 Å². The lowest BCUT2D eigenvalue weighted by Crippen LogP contribution is -2.51. The summed E-state index contributed by atoms with van der Waals surface area (Å²) in [6, 6.07) is 21.7. The van der Waals surface area contributed by atoms with E-state index >= 15 is 0 Å². The summed E-state index contributed by atoms with van der Waals surface area (Å²) in [7, 11) is -4.08. The molecule has 9 heteroatoms. The summed E-state index contributed by atoms with van der Waals surface area (Å²) >= 11 is 3.38. The number of benzene rings is 3. The number of hydrogen-bond donors (Lipinski definition) is 1. The topological polar surface area (TPSA) is 86.8 Å². The zero-order valence-electron chi connectivity index (χ0n) is 21.2. The monoisotopic (exact) mass is 585 g/mol. The molecule has 1 unspecified atom stereocenters. The Bertz CT molecular complexity index is 1300. The Morgan fingerprint density at radius 1 is 0.946 bits per heavy atom. The van der Waals surface area contributed by atoms with Gasteiger partial charge in [0.05, 0.1) is 10.6 Å². The van der Waals surface area contributed by atoms with Gasteiger partial charge in [-0.25, -0.2) is 8.42 Å². The predicted molar refractivity (Wildman–Crippen MR) is 150 cm³/mol. The van der Waals surface area contributed by atoms with Crippen LogP contribution in [0.15, 0.2) is 88.2 Å². The van der Waals surface area contributed by atoms with Gasteiger partial charge in [-0.05, 0) is 62.2 Å². The van der Waals surface area contributed by atoms with Crippen LogP contribution in [0.1, 0.15) is 31.4 Å². The van der Waals surface area contributed by atoms with Crippen LogP contribution in [0, 0.1) is 6.92 Å². The summed E-state index contributed by atoms with van der Waals surface area (Å²) in [6.45, 7) is 5.67. The number of hydrogen-bond acceptors (Lipinski definition) is 4. The van der Waals surface area contributed by atoms with Crippen molar-refractivity contribution in [3.8, 4) is 0 Å². The molecule has 0 aliphatic heterocycles. The second-order valence-corrected chi connectivity index (χ2v) is 11.6. The van der Waals surface area contributed by atoms with Gasteiger partial charge in [0, 0.05) is 17.6 Å². The fourth-order valence-electron chi connectivity index (χ4n) is 3.73. The molecule has 0 heterocycles. The van der Waals surface area contributed by atoms with E-state index in [0.29, 0.717) is 12.2 Å². The fraction of sp³-hybridized carbons (Fsp3) is 0.286. The Morgan fingerprint density at radius 2 is 1.57 bits per heavy atom. The quantitative estimate of drug-likeness (QED) is 0.347. The Kier molecular flexibility index (Phi) is 9.88. The van der Waals surface area contributed by atoms with Gasteiger partial charge in [0.2, 0.25) is 11.8 Å². The van der Waals surface area contributed by atoms with Crippen LogP contribution >= 0.6 is 15.9 Å². The molecule has 0 saturated heterocycles. The third-order valence-electron chi connectivity index (χ3n) is 5.91. The maximum atomic E-state index is 13.8. The number of carbonyl (C=O) groups excluding carboxylic acids is 2. The predicted octanol–water partition coefficient (Wildman–Crippen LogP) is 4.90. The van der Waals surface area contributed by atoms with Crippen molar-refractivity contribution in [2.45, 2.75) is 44.7 Å². The fourth-order valence-corrected chi connectivity index (χ4v) is 5.41. The van der Waals surface area contributed by atoms with Gasteiger partial charge in [-0.1, -0.05) is 70.9 Å². The highest BCUT2D eigenvalue weighted by molar-refractivity contribution is 9.10. The molecule has 0 saturated carbocycles. The average Bonchev–Trinajstić information content (AvgIpc) is 2.89. The minimum Gasteiger partial charge on any atom is -0.354 e. The Morgan fingerprint density at radius 3 is 2.16 bits per heavy atom. The van der Waals surface area contributed by atoms with Crippen molar-refractivity contribution in [2.24, 2.45) is 0 Å². The van der Waals surface area contributed by atoms with Crippen LogP contribution in [0.2, 0.25) is 0 Å². The molecule has 2 amide bonds. The van der Waals surface area contributed by atoms with Gasteiger partial charge in [0.15, 0.2) is 0 Å². The first kappa shape index (κ1) is 28.4. The lowest BCUT2D eigenvalue weighted by Gasteiger charge is -2.32. The summed E-state index contributed by atoms with van der Waals surface area (Å²) < 4.78 is 29.4. The van der Waals surface area contributed by atoms with Crippen LogP contribution in [-0.4, -0.2) is 44.3 Å². The number of sulfonamides is 1. The Labute approximate surface area is 227 Å². The molecule has 7 nitrogen and oxygen atoms in total. The molecule has 3 aromatic carbocycles. The zero-order valence-corrected chi connectivity index (χ0v) is 23.6. The lowest BCUT2D eigenvalue weighted by atomic mass is 10.1. The molecular formula is C28H32BrN3O4S. The molecule has 0 aromatic heterocycles. The number of aryl methyl sites for hydroxylation is 1. The van der Waals surface area contributed by atoms with Crippen molar-refractivity contribution in [3.63, 3.8) is 0 Å². The van der Waals surface area contributed by atoms with Crippen molar-refractivity contribution >= 4 is 43.5 Å². The van der Waals surface area contributed by atoms with Crippen molar-refractivity contribution in [3.05, 3.63) is 94.5 Å². The molecule has 3 aromatic rings. The number of nitrogens with zero attached hydrogens (tertiary/aromatic N) is 2. The van der Waals surface area contributed by atoms with E-state index in [-0.39, 0.29) is 17.3 Å². The van der Waals surface area contributed by atoms with Gasteiger partial charge in [0.25, 0.3) is 10.0 Å². The second kappa shape index (κ2) is 12.9. The van der Waals surface area contributed by atoms with Crippen molar-refractivity contribution in [1.82, 2.24) is 10.2 Å². The van der Waals surface area contributed by atoms with Gasteiger partial charge in [0.1, 0.15) is 12.6 Å². The number of amides is 2. The van der Waals surface area contributed by atoms with Crippen LogP contribution in [0.4, 0.5) is 5.69 Å². The average molecular weight is 587 g/mol. The Hall–Kier alpha value is -3.17.